The molecule has 0 aliphatic heterocycles. The van der Waals surface area contributed by atoms with E-state index in [1.165, 1.54) is 21.5 Å². The fourth-order valence-electron chi connectivity index (χ4n) is 2.82. The van der Waals surface area contributed by atoms with Crippen molar-refractivity contribution in [2.75, 3.05) is 0 Å². The lowest BCUT2D eigenvalue weighted by Crippen LogP contribution is -1.84. The predicted octanol–water partition coefficient (Wildman–Crippen LogP) is 4.99. The molecule has 0 saturated heterocycles. The fourth-order valence-corrected chi connectivity index (χ4v) is 3.77. The molecular weight excluding hydrogens is 280 g/mol. The number of aryl methyl sites for hydroxylation is 3. The van der Waals surface area contributed by atoms with Crippen LogP contribution < -0.4 is 0 Å². The first-order chi connectivity index (χ1) is 10.2. The highest BCUT2D eigenvalue weighted by Crippen LogP contribution is 2.34. The van der Waals surface area contributed by atoms with Gasteiger partial charge >= 0.3 is 0 Å². The molecule has 0 atom stereocenters. The Bertz CT molecular complexity index is 958. The molecule has 3 nitrogen and oxygen atoms in total. The number of fused-ring (bicyclic) bond motifs is 2. The second kappa shape index (κ2) is 4.46. The van der Waals surface area contributed by atoms with Crippen LogP contribution in [0.15, 0.2) is 34.9 Å². The summed E-state index contributed by atoms with van der Waals surface area (Å²) in [5.74, 6) is 0.909. The topological polar surface area (TPSA) is 30.4 Å². The number of benzene rings is 1. The van der Waals surface area contributed by atoms with Gasteiger partial charge in [-0.15, -0.1) is 11.3 Å². The molecule has 106 valence electrons. The summed E-state index contributed by atoms with van der Waals surface area (Å²) in [6.45, 7) is 6.42. The summed E-state index contributed by atoms with van der Waals surface area (Å²) in [6, 6.07) is 8.20. The zero-order chi connectivity index (χ0) is 14.6. The maximum absolute atomic E-state index is 6.07. The van der Waals surface area contributed by atoms with Crippen LogP contribution in [0.1, 0.15) is 23.1 Å². The Labute approximate surface area is 126 Å². The predicted molar refractivity (Wildman–Crippen MR) is 87.1 cm³/mol. The second-order valence-electron chi connectivity index (χ2n) is 5.28. The molecule has 4 heteroatoms. The van der Waals surface area contributed by atoms with Gasteiger partial charge in [0.15, 0.2) is 10.7 Å². The molecule has 0 bridgehead atoms. The summed E-state index contributed by atoms with van der Waals surface area (Å²) in [5.41, 5.74) is 4.36. The first kappa shape index (κ1) is 12.7. The van der Waals surface area contributed by atoms with Gasteiger partial charge in [-0.05, 0) is 26.3 Å². The van der Waals surface area contributed by atoms with E-state index in [1.54, 1.807) is 11.3 Å². The zero-order valence-electron chi connectivity index (χ0n) is 12.3. The normalized spacial score (nSPS) is 11.8. The van der Waals surface area contributed by atoms with Crippen molar-refractivity contribution in [1.29, 1.82) is 0 Å². The molecule has 3 aromatic heterocycles. The van der Waals surface area contributed by atoms with Crippen LogP contribution in [0.25, 0.3) is 27.4 Å². The standard InChI is InChI=1S/C17H16N2OS/c1-4-12-13-7-5-6-8-15(13)20-16(12)14-9-19-10(2)11(3)21-17(19)18-14/h5-9H,4H2,1-3H3. The smallest absolute Gasteiger partial charge is 0.194 e. The van der Waals surface area contributed by atoms with Gasteiger partial charge in [-0.1, -0.05) is 25.1 Å². The van der Waals surface area contributed by atoms with Gasteiger partial charge in [-0.25, -0.2) is 4.98 Å². The van der Waals surface area contributed by atoms with Gasteiger partial charge in [0.25, 0.3) is 0 Å². The number of thiazole rings is 1. The number of hydrogen-bond donors (Lipinski definition) is 0. The lowest BCUT2D eigenvalue weighted by molar-refractivity contribution is 0.625. The van der Waals surface area contributed by atoms with Crippen molar-refractivity contribution in [3.8, 4) is 11.5 Å². The number of rotatable bonds is 2. The van der Waals surface area contributed by atoms with Crippen LogP contribution in [-0.2, 0) is 6.42 Å². The fraction of sp³-hybridized carbons (Fsp3) is 0.235. The van der Waals surface area contributed by atoms with E-state index in [9.17, 15) is 0 Å². The molecule has 4 aromatic rings. The van der Waals surface area contributed by atoms with E-state index < -0.39 is 0 Å². The average molecular weight is 296 g/mol. The van der Waals surface area contributed by atoms with Gasteiger partial charge < -0.3 is 4.42 Å². The highest BCUT2D eigenvalue weighted by Gasteiger charge is 2.18. The quantitative estimate of drug-likeness (QED) is 0.522. The molecule has 3 heterocycles. The molecule has 1 aromatic carbocycles. The van der Waals surface area contributed by atoms with E-state index >= 15 is 0 Å². The van der Waals surface area contributed by atoms with Gasteiger partial charge in [-0.3, -0.25) is 4.40 Å². The van der Waals surface area contributed by atoms with Gasteiger partial charge in [-0.2, -0.15) is 0 Å². The molecule has 0 spiro atoms. The Morgan fingerprint density at radius 3 is 2.81 bits per heavy atom. The number of hydrogen-bond acceptors (Lipinski definition) is 3. The summed E-state index contributed by atoms with van der Waals surface area (Å²) in [6.07, 6.45) is 3.03. The number of nitrogens with zero attached hydrogens (tertiary/aromatic N) is 2. The van der Waals surface area contributed by atoms with Gasteiger partial charge in [0.1, 0.15) is 11.3 Å². The van der Waals surface area contributed by atoms with E-state index in [-0.39, 0.29) is 0 Å². The van der Waals surface area contributed by atoms with Crippen molar-refractivity contribution < 1.29 is 4.42 Å². The highest BCUT2D eigenvalue weighted by molar-refractivity contribution is 7.17. The summed E-state index contributed by atoms with van der Waals surface area (Å²) < 4.78 is 8.23. The van der Waals surface area contributed by atoms with Crippen LogP contribution in [0.5, 0.6) is 0 Å². The van der Waals surface area contributed by atoms with E-state index in [4.69, 9.17) is 9.40 Å². The minimum atomic E-state index is 0.909. The summed E-state index contributed by atoms with van der Waals surface area (Å²) in [4.78, 5) is 7.10. The molecule has 0 unspecified atom stereocenters. The maximum atomic E-state index is 6.07. The van der Waals surface area contributed by atoms with Crippen LogP contribution in [0.4, 0.5) is 0 Å². The van der Waals surface area contributed by atoms with Crippen molar-refractivity contribution in [3.63, 3.8) is 0 Å². The van der Waals surface area contributed by atoms with Crippen LogP contribution >= 0.6 is 11.3 Å². The summed E-state index contributed by atoms with van der Waals surface area (Å²) in [5, 5.41) is 1.19. The Hall–Kier alpha value is -2.07. The minimum absolute atomic E-state index is 0.909. The van der Waals surface area contributed by atoms with Crippen LogP contribution in [0, 0.1) is 13.8 Å². The third kappa shape index (κ3) is 1.75. The van der Waals surface area contributed by atoms with Gasteiger partial charge in [0.05, 0.1) is 0 Å². The Morgan fingerprint density at radius 1 is 1.24 bits per heavy atom. The highest BCUT2D eigenvalue weighted by atomic mass is 32.1. The third-order valence-corrected chi connectivity index (χ3v) is 5.15. The first-order valence-corrected chi connectivity index (χ1v) is 7.96. The Balaban J connectivity index is 1.99. The van der Waals surface area contributed by atoms with Crippen LogP contribution in [0.3, 0.4) is 0 Å². The van der Waals surface area contributed by atoms with Crippen LogP contribution in [0.2, 0.25) is 0 Å². The van der Waals surface area contributed by atoms with E-state index in [2.05, 4.69) is 43.5 Å². The lowest BCUT2D eigenvalue weighted by Gasteiger charge is -1.96. The number of furan rings is 1. The number of aromatic nitrogens is 2. The Morgan fingerprint density at radius 2 is 2.05 bits per heavy atom. The molecule has 0 N–H and O–H groups in total. The molecule has 0 aliphatic carbocycles. The van der Waals surface area contributed by atoms with E-state index in [0.29, 0.717) is 0 Å². The molecule has 0 fully saturated rings. The molecule has 0 saturated carbocycles. The molecule has 0 amide bonds. The second-order valence-corrected chi connectivity index (χ2v) is 6.46. The van der Waals surface area contributed by atoms with Crippen molar-refractivity contribution in [3.05, 3.63) is 46.6 Å². The monoisotopic (exact) mass is 296 g/mol. The molecule has 0 aliphatic rings. The van der Waals surface area contributed by atoms with Crippen molar-refractivity contribution in [2.45, 2.75) is 27.2 Å². The molecule has 21 heavy (non-hydrogen) atoms. The van der Waals surface area contributed by atoms with Crippen molar-refractivity contribution in [1.82, 2.24) is 9.38 Å². The lowest BCUT2D eigenvalue weighted by atomic mass is 10.1. The average Bonchev–Trinajstić information content (AvgIpc) is 3.12. The molecule has 4 rings (SSSR count). The first-order valence-electron chi connectivity index (χ1n) is 7.15. The maximum Gasteiger partial charge on any atom is 0.194 e. The molecular formula is C17H16N2OS. The SMILES string of the molecule is CCc1c(-c2cn3c(C)c(C)sc3n2)oc2ccccc12. The van der Waals surface area contributed by atoms with Crippen molar-refractivity contribution in [2.24, 2.45) is 0 Å². The van der Waals surface area contributed by atoms with Crippen molar-refractivity contribution >= 4 is 27.3 Å². The van der Waals surface area contributed by atoms with Gasteiger partial charge in [0.2, 0.25) is 0 Å². The van der Waals surface area contributed by atoms with Crippen LogP contribution in [-0.4, -0.2) is 9.38 Å². The van der Waals surface area contributed by atoms with E-state index in [1.807, 2.05) is 12.1 Å². The molecule has 0 radical (unpaired) electrons. The zero-order valence-corrected chi connectivity index (χ0v) is 13.1. The largest absolute Gasteiger partial charge is 0.454 e. The summed E-state index contributed by atoms with van der Waals surface area (Å²) >= 11 is 1.72. The third-order valence-electron chi connectivity index (χ3n) is 4.07. The number of para-hydroxylation sites is 1. The van der Waals surface area contributed by atoms with Gasteiger partial charge in [0, 0.05) is 27.7 Å². The van der Waals surface area contributed by atoms with E-state index in [0.717, 1.165) is 28.4 Å². The summed E-state index contributed by atoms with van der Waals surface area (Å²) in [7, 11) is 0. The Kier molecular flexibility index (Phi) is 2.69. The number of imidazole rings is 1. The minimum Gasteiger partial charge on any atom is -0.454 e.